The molecule has 0 atom stereocenters. The third-order valence-corrected chi connectivity index (χ3v) is 5.20. The number of nitriles is 1. The van der Waals surface area contributed by atoms with Crippen LogP contribution in [0.25, 0.3) is 0 Å². The van der Waals surface area contributed by atoms with Gasteiger partial charge in [0.15, 0.2) is 6.61 Å². The standard InChI is InChI=1S/C19H19N3O5S/c1-2-22(16-9-4-3-5-10-16)18(23)14-27-19(24)13-21-28(25,26)17-11-7-6-8-15(17)12-20/h3-11,21H,2,13-14H2,1H3. The molecule has 2 aromatic carbocycles. The fourth-order valence-corrected chi connectivity index (χ4v) is 3.53. The minimum atomic E-state index is -4.07. The number of nitrogens with zero attached hydrogens (tertiary/aromatic N) is 2. The van der Waals surface area contributed by atoms with Crippen LogP contribution < -0.4 is 9.62 Å². The van der Waals surface area contributed by atoms with Crippen molar-refractivity contribution < 1.29 is 22.7 Å². The SMILES string of the molecule is CCN(C(=O)COC(=O)CNS(=O)(=O)c1ccccc1C#N)c1ccccc1. The minimum absolute atomic E-state index is 0.0417. The Kier molecular flexibility index (Phi) is 7.26. The highest BCUT2D eigenvalue weighted by Crippen LogP contribution is 2.14. The van der Waals surface area contributed by atoms with Gasteiger partial charge < -0.3 is 9.64 Å². The van der Waals surface area contributed by atoms with E-state index in [-0.39, 0.29) is 10.5 Å². The van der Waals surface area contributed by atoms with Gasteiger partial charge >= 0.3 is 5.97 Å². The zero-order valence-electron chi connectivity index (χ0n) is 15.2. The van der Waals surface area contributed by atoms with Gasteiger partial charge in [0, 0.05) is 12.2 Å². The van der Waals surface area contributed by atoms with Crippen LogP contribution in [-0.4, -0.2) is 40.0 Å². The van der Waals surface area contributed by atoms with E-state index < -0.39 is 35.1 Å². The molecule has 2 rings (SSSR count). The molecule has 1 N–H and O–H groups in total. The Morgan fingerprint density at radius 1 is 1.11 bits per heavy atom. The Balaban J connectivity index is 1.92. The van der Waals surface area contributed by atoms with E-state index in [0.29, 0.717) is 12.2 Å². The summed E-state index contributed by atoms with van der Waals surface area (Å²) < 4.78 is 31.4. The summed E-state index contributed by atoms with van der Waals surface area (Å²) in [6.45, 7) is 0.996. The number of amides is 1. The molecule has 0 aliphatic carbocycles. The van der Waals surface area contributed by atoms with Crippen LogP contribution in [-0.2, 0) is 24.3 Å². The van der Waals surface area contributed by atoms with Crippen molar-refractivity contribution in [2.75, 3.05) is 24.6 Å². The quantitative estimate of drug-likeness (QED) is 0.669. The molecule has 0 radical (unpaired) electrons. The lowest BCUT2D eigenvalue weighted by atomic mass is 10.2. The predicted molar refractivity (Wildman–Crippen MR) is 102 cm³/mol. The Labute approximate surface area is 163 Å². The highest BCUT2D eigenvalue weighted by Gasteiger charge is 2.21. The number of para-hydroxylation sites is 1. The summed E-state index contributed by atoms with van der Waals surface area (Å²) in [6.07, 6.45) is 0. The van der Waals surface area contributed by atoms with E-state index in [1.807, 2.05) is 6.07 Å². The Hall–Kier alpha value is -3.22. The lowest BCUT2D eigenvalue weighted by molar-refractivity contribution is -0.146. The van der Waals surface area contributed by atoms with Gasteiger partial charge in [0.2, 0.25) is 10.0 Å². The zero-order valence-corrected chi connectivity index (χ0v) is 16.0. The van der Waals surface area contributed by atoms with Gasteiger partial charge in [-0.15, -0.1) is 0 Å². The number of sulfonamides is 1. The molecule has 8 nitrogen and oxygen atoms in total. The number of likely N-dealkylation sites (N-methyl/N-ethyl adjacent to an activating group) is 1. The molecule has 0 aromatic heterocycles. The molecule has 0 spiro atoms. The molecule has 0 aliphatic rings. The van der Waals surface area contributed by atoms with Crippen LogP contribution in [0, 0.1) is 11.3 Å². The van der Waals surface area contributed by atoms with E-state index in [1.54, 1.807) is 37.3 Å². The molecule has 0 heterocycles. The van der Waals surface area contributed by atoms with Gasteiger partial charge in [-0.05, 0) is 31.2 Å². The van der Waals surface area contributed by atoms with Gasteiger partial charge in [0.25, 0.3) is 5.91 Å². The highest BCUT2D eigenvalue weighted by atomic mass is 32.2. The Morgan fingerprint density at radius 2 is 1.75 bits per heavy atom. The average Bonchev–Trinajstić information content (AvgIpc) is 2.72. The topological polar surface area (TPSA) is 117 Å². The molecule has 146 valence electrons. The first-order valence-corrected chi connectivity index (χ1v) is 9.87. The molecule has 0 saturated carbocycles. The summed E-state index contributed by atoms with van der Waals surface area (Å²) in [4.78, 5) is 25.3. The first-order valence-electron chi connectivity index (χ1n) is 8.39. The van der Waals surface area contributed by atoms with Crippen LogP contribution >= 0.6 is 0 Å². The third kappa shape index (κ3) is 5.39. The van der Waals surface area contributed by atoms with Crippen LogP contribution in [0.4, 0.5) is 5.69 Å². The molecule has 0 saturated heterocycles. The van der Waals surface area contributed by atoms with Gasteiger partial charge in [0.05, 0.1) is 10.5 Å². The number of hydrogen-bond donors (Lipinski definition) is 1. The second-order valence-electron chi connectivity index (χ2n) is 5.57. The van der Waals surface area contributed by atoms with Crippen molar-refractivity contribution >= 4 is 27.6 Å². The van der Waals surface area contributed by atoms with E-state index >= 15 is 0 Å². The average molecular weight is 401 g/mol. The molecule has 0 fully saturated rings. The summed E-state index contributed by atoms with van der Waals surface area (Å²) in [5.74, 6) is -1.34. The number of hydrogen-bond acceptors (Lipinski definition) is 6. The molecular weight excluding hydrogens is 382 g/mol. The third-order valence-electron chi connectivity index (χ3n) is 3.75. The van der Waals surface area contributed by atoms with Gasteiger partial charge in [-0.25, -0.2) is 8.42 Å². The van der Waals surface area contributed by atoms with Crippen molar-refractivity contribution in [2.24, 2.45) is 0 Å². The molecule has 1 amide bonds. The lowest BCUT2D eigenvalue weighted by Crippen LogP contribution is -2.36. The fourth-order valence-electron chi connectivity index (χ4n) is 2.41. The summed E-state index contributed by atoms with van der Waals surface area (Å²) in [5, 5.41) is 9.00. The summed E-state index contributed by atoms with van der Waals surface area (Å²) >= 11 is 0. The number of rotatable bonds is 8. The number of benzene rings is 2. The molecule has 0 aliphatic heterocycles. The van der Waals surface area contributed by atoms with E-state index in [0.717, 1.165) is 0 Å². The molecule has 9 heteroatoms. The van der Waals surface area contributed by atoms with Gasteiger partial charge in [-0.2, -0.15) is 9.98 Å². The van der Waals surface area contributed by atoms with Crippen molar-refractivity contribution in [1.82, 2.24) is 4.72 Å². The summed E-state index contributed by atoms with van der Waals surface area (Å²) in [7, 11) is -4.07. The summed E-state index contributed by atoms with van der Waals surface area (Å²) in [6, 6.07) is 16.3. The molecular formula is C19H19N3O5S. The largest absolute Gasteiger partial charge is 0.455 e. The van der Waals surface area contributed by atoms with Crippen LogP contribution in [0.15, 0.2) is 59.5 Å². The Morgan fingerprint density at radius 3 is 2.39 bits per heavy atom. The van der Waals surface area contributed by atoms with Crippen LogP contribution in [0.2, 0.25) is 0 Å². The maximum absolute atomic E-state index is 12.3. The first kappa shape index (κ1) is 21.1. The number of ether oxygens (including phenoxy) is 1. The van der Waals surface area contributed by atoms with E-state index in [4.69, 9.17) is 10.00 Å². The lowest BCUT2D eigenvalue weighted by Gasteiger charge is -2.20. The zero-order chi connectivity index (χ0) is 20.6. The van der Waals surface area contributed by atoms with Gasteiger partial charge in [-0.3, -0.25) is 9.59 Å². The van der Waals surface area contributed by atoms with Crippen molar-refractivity contribution in [3.63, 3.8) is 0 Å². The van der Waals surface area contributed by atoms with Crippen LogP contribution in [0.1, 0.15) is 12.5 Å². The normalized spacial score (nSPS) is 10.7. The van der Waals surface area contributed by atoms with Crippen molar-refractivity contribution in [3.8, 4) is 6.07 Å². The highest BCUT2D eigenvalue weighted by molar-refractivity contribution is 7.89. The number of esters is 1. The second kappa shape index (κ2) is 9.64. The van der Waals surface area contributed by atoms with Crippen LogP contribution in [0.3, 0.4) is 0 Å². The van der Waals surface area contributed by atoms with Crippen LogP contribution in [0.5, 0.6) is 0 Å². The monoisotopic (exact) mass is 401 g/mol. The van der Waals surface area contributed by atoms with Gasteiger partial charge in [-0.1, -0.05) is 30.3 Å². The number of carbonyl (C=O) groups excluding carboxylic acids is 2. The minimum Gasteiger partial charge on any atom is -0.455 e. The Bertz CT molecular complexity index is 984. The predicted octanol–water partition coefficient (Wildman–Crippen LogP) is 1.43. The van der Waals surface area contributed by atoms with Gasteiger partial charge in [0.1, 0.15) is 12.6 Å². The summed E-state index contributed by atoms with van der Waals surface area (Å²) in [5.41, 5.74) is 0.625. The molecule has 28 heavy (non-hydrogen) atoms. The van der Waals surface area contributed by atoms with Crippen molar-refractivity contribution in [2.45, 2.75) is 11.8 Å². The number of nitrogens with one attached hydrogen (secondary N) is 1. The fraction of sp³-hybridized carbons (Fsp3) is 0.211. The first-order chi connectivity index (χ1) is 13.4. The molecule has 0 unspecified atom stereocenters. The van der Waals surface area contributed by atoms with Crippen molar-refractivity contribution in [3.05, 3.63) is 60.2 Å². The maximum Gasteiger partial charge on any atom is 0.321 e. The maximum atomic E-state index is 12.3. The van der Waals surface area contributed by atoms with E-state index in [1.165, 1.54) is 29.2 Å². The van der Waals surface area contributed by atoms with E-state index in [2.05, 4.69) is 4.72 Å². The number of anilines is 1. The van der Waals surface area contributed by atoms with Crippen molar-refractivity contribution in [1.29, 1.82) is 5.26 Å². The molecule has 2 aromatic rings. The second-order valence-corrected chi connectivity index (χ2v) is 7.30. The smallest absolute Gasteiger partial charge is 0.321 e. The van der Waals surface area contributed by atoms with E-state index in [9.17, 15) is 18.0 Å². The number of carbonyl (C=O) groups is 2. The molecule has 0 bridgehead atoms.